The number of furan rings is 1. The predicted octanol–water partition coefficient (Wildman–Crippen LogP) is 4.15. The Labute approximate surface area is 156 Å². The molecule has 1 aliphatic heterocycles. The Kier molecular flexibility index (Phi) is 4.90. The van der Waals surface area contributed by atoms with E-state index in [1.807, 2.05) is 25.1 Å². The molecule has 0 radical (unpaired) electrons. The van der Waals surface area contributed by atoms with Gasteiger partial charge in [-0.1, -0.05) is 0 Å². The van der Waals surface area contributed by atoms with Crippen molar-refractivity contribution in [3.8, 4) is 0 Å². The van der Waals surface area contributed by atoms with Crippen LogP contribution in [0.15, 0.2) is 47.4 Å². The zero-order valence-corrected chi connectivity index (χ0v) is 15.5. The van der Waals surface area contributed by atoms with Crippen LogP contribution >= 0.6 is 11.3 Å². The minimum atomic E-state index is -0.0733. The topological polar surface area (TPSA) is 63.3 Å². The molecule has 136 valence electrons. The molecule has 0 bridgehead atoms. The van der Waals surface area contributed by atoms with Gasteiger partial charge in [0.15, 0.2) is 0 Å². The van der Waals surface area contributed by atoms with Crippen molar-refractivity contribution >= 4 is 23.1 Å². The SMILES string of the molecule is CCn1nccc1NC(=O)c1ccc(C2CCCN2Cc2ccoc2)s1. The van der Waals surface area contributed by atoms with E-state index < -0.39 is 0 Å². The maximum absolute atomic E-state index is 12.6. The van der Waals surface area contributed by atoms with E-state index in [1.165, 1.54) is 16.9 Å². The van der Waals surface area contributed by atoms with E-state index in [9.17, 15) is 4.79 Å². The summed E-state index contributed by atoms with van der Waals surface area (Å²) in [6.07, 6.45) is 7.53. The molecule has 0 aromatic carbocycles. The van der Waals surface area contributed by atoms with E-state index >= 15 is 0 Å². The maximum Gasteiger partial charge on any atom is 0.266 e. The van der Waals surface area contributed by atoms with E-state index in [0.717, 1.165) is 36.8 Å². The molecule has 1 aliphatic rings. The number of amides is 1. The molecule has 3 aromatic rings. The molecule has 7 heteroatoms. The zero-order chi connectivity index (χ0) is 17.9. The third-order valence-corrected chi connectivity index (χ3v) is 5.95. The highest BCUT2D eigenvalue weighted by molar-refractivity contribution is 7.14. The first-order valence-corrected chi connectivity index (χ1v) is 9.74. The number of thiophene rings is 1. The standard InChI is InChI=1S/C19H22N4O2S/c1-2-23-18(7-9-20-23)21-19(24)17-6-5-16(26-17)15-4-3-10-22(15)12-14-8-11-25-13-14/h5-9,11,13,15H,2-4,10,12H2,1H3,(H,21,24). The Hall–Kier alpha value is -2.38. The van der Waals surface area contributed by atoms with Crippen LogP contribution in [0.5, 0.6) is 0 Å². The number of nitrogens with one attached hydrogen (secondary N) is 1. The molecule has 1 amide bonds. The zero-order valence-electron chi connectivity index (χ0n) is 14.7. The first kappa shape index (κ1) is 17.1. The van der Waals surface area contributed by atoms with Crippen LogP contribution in [0.4, 0.5) is 5.82 Å². The minimum absolute atomic E-state index is 0.0733. The van der Waals surface area contributed by atoms with Crippen molar-refractivity contribution in [3.05, 3.63) is 58.3 Å². The molecule has 4 heterocycles. The Bertz CT molecular complexity index is 868. The fourth-order valence-corrected chi connectivity index (χ4v) is 4.55. The number of rotatable bonds is 6. The minimum Gasteiger partial charge on any atom is -0.472 e. The Balaban J connectivity index is 1.46. The van der Waals surface area contributed by atoms with Crippen LogP contribution in [0.2, 0.25) is 0 Å². The molecule has 26 heavy (non-hydrogen) atoms. The van der Waals surface area contributed by atoms with Crippen molar-refractivity contribution in [1.82, 2.24) is 14.7 Å². The molecule has 4 rings (SSSR count). The van der Waals surface area contributed by atoms with Crippen LogP contribution in [0.25, 0.3) is 0 Å². The van der Waals surface area contributed by atoms with Crippen molar-refractivity contribution in [1.29, 1.82) is 0 Å². The molecule has 0 spiro atoms. The molecule has 0 saturated carbocycles. The van der Waals surface area contributed by atoms with Crippen LogP contribution in [-0.2, 0) is 13.1 Å². The monoisotopic (exact) mass is 370 g/mol. The van der Waals surface area contributed by atoms with Crippen molar-refractivity contribution in [2.75, 3.05) is 11.9 Å². The van der Waals surface area contributed by atoms with Crippen molar-refractivity contribution in [2.24, 2.45) is 0 Å². The van der Waals surface area contributed by atoms with Crippen molar-refractivity contribution in [3.63, 3.8) is 0 Å². The highest BCUT2D eigenvalue weighted by Crippen LogP contribution is 2.37. The molecule has 1 atom stereocenters. The van der Waals surface area contributed by atoms with Gasteiger partial charge in [-0.05, 0) is 44.5 Å². The molecule has 1 fully saturated rings. The van der Waals surface area contributed by atoms with E-state index in [2.05, 4.69) is 21.4 Å². The molecule has 0 aliphatic carbocycles. The second-order valence-electron chi connectivity index (χ2n) is 6.45. The average Bonchev–Trinajstić information content (AvgIpc) is 3.42. The van der Waals surface area contributed by atoms with Gasteiger partial charge >= 0.3 is 0 Å². The number of likely N-dealkylation sites (tertiary alicyclic amines) is 1. The van der Waals surface area contributed by atoms with Gasteiger partial charge in [0.25, 0.3) is 5.91 Å². The summed E-state index contributed by atoms with van der Waals surface area (Å²) in [6.45, 7) is 4.69. The second kappa shape index (κ2) is 7.47. The van der Waals surface area contributed by atoms with E-state index in [0.29, 0.717) is 6.04 Å². The smallest absolute Gasteiger partial charge is 0.266 e. The second-order valence-corrected chi connectivity index (χ2v) is 7.56. The summed E-state index contributed by atoms with van der Waals surface area (Å²) in [7, 11) is 0. The first-order valence-electron chi connectivity index (χ1n) is 8.92. The van der Waals surface area contributed by atoms with Gasteiger partial charge in [-0.3, -0.25) is 9.69 Å². The van der Waals surface area contributed by atoms with Gasteiger partial charge < -0.3 is 9.73 Å². The van der Waals surface area contributed by atoms with Crippen molar-refractivity contribution < 1.29 is 9.21 Å². The van der Waals surface area contributed by atoms with Crippen LogP contribution in [0, 0.1) is 0 Å². The summed E-state index contributed by atoms with van der Waals surface area (Å²) in [4.78, 5) is 17.0. The Morgan fingerprint density at radius 2 is 2.31 bits per heavy atom. The van der Waals surface area contributed by atoms with Gasteiger partial charge in [-0.25, -0.2) is 4.68 Å². The molecular formula is C19H22N4O2S. The highest BCUT2D eigenvalue weighted by atomic mass is 32.1. The predicted molar refractivity (Wildman–Crippen MR) is 101 cm³/mol. The van der Waals surface area contributed by atoms with Gasteiger partial charge in [0.1, 0.15) is 5.82 Å². The molecule has 1 saturated heterocycles. The summed E-state index contributed by atoms with van der Waals surface area (Å²) in [5.41, 5.74) is 1.19. The van der Waals surface area contributed by atoms with Gasteiger partial charge in [-0.15, -0.1) is 11.3 Å². The fraction of sp³-hybridized carbons (Fsp3) is 0.368. The number of carbonyl (C=O) groups excluding carboxylic acids is 1. The van der Waals surface area contributed by atoms with Crippen LogP contribution in [0.1, 0.15) is 45.9 Å². The van der Waals surface area contributed by atoms with Crippen LogP contribution in [-0.4, -0.2) is 27.1 Å². The van der Waals surface area contributed by atoms with Crippen LogP contribution < -0.4 is 5.32 Å². The average molecular weight is 370 g/mol. The summed E-state index contributed by atoms with van der Waals surface area (Å²) in [6, 6.07) is 8.22. The Morgan fingerprint density at radius 1 is 1.38 bits per heavy atom. The number of aromatic nitrogens is 2. The lowest BCUT2D eigenvalue weighted by atomic mass is 10.2. The summed E-state index contributed by atoms with van der Waals surface area (Å²) >= 11 is 1.58. The van der Waals surface area contributed by atoms with E-state index in [-0.39, 0.29) is 5.91 Å². The quantitative estimate of drug-likeness (QED) is 0.708. The lowest BCUT2D eigenvalue weighted by molar-refractivity contribution is 0.102. The number of hydrogen-bond donors (Lipinski definition) is 1. The van der Waals surface area contributed by atoms with Crippen LogP contribution in [0.3, 0.4) is 0 Å². The molecule has 3 aromatic heterocycles. The third-order valence-electron chi connectivity index (χ3n) is 4.77. The van der Waals surface area contributed by atoms with Gasteiger partial charge in [0.2, 0.25) is 0 Å². The summed E-state index contributed by atoms with van der Waals surface area (Å²) in [5, 5.41) is 7.14. The molecule has 1 N–H and O–H groups in total. The van der Waals surface area contributed by atoms with Gasteiger partial charge in [0, 0.05) is 35.6 Å². The molecule has 6 nitrogen and oxygen atoms in total. The molecule has 1 unspecified atom stereocenters. The Morgan fingerprint density at radius 3 is 3.12 bits per heavy atom. The number of carbonyl (C=O) groups is 1. The number of aryl methyl sites for hydroxylation is 1. The number of anilines is 1. The largest absolute Gasteiger partial charge is 0.472 e. The summed E-state index contributed by atoms with van der Waals surface area (Å²) < 4.78 is 6.96. The molecular weight excluding hydrogens is 348 g/mol. The fourth-order valence-electron chi connectivity index (χ4n) is 3.48. The summed E-state index contributed by atoms with van der Waals surface area (Å²) in [5.74, 6) is 0.658. The highest BCUT2D eigenvalue weighted by Gasteiger charge is 2.28. The lowest BCUT2D eigenvalue weighted by Gasteiger charge is -2.22. The maximum atomic E-state index is 12.6. The normalized spacial score (nSPS) is 17.7. The van der Waals surface area contributed by atoms with E-state index in [1.54, 1.807) is 34.7 Å². The third kappa shape index (κ3) is 3.45. The van der Waals surface area contributed by atoms with Crippen molar-refractivity contribution in [2.45, 2.75) is 38.9 Å². The van der Waals surface area contributed by atoms with Gasteiger partial charge in [0.05, 0.1) is 23.6 Å². The first-order chi connectivity index (χ1) is 12.7. The van der Waals surface area contributed by atoms with Gasteiger partial charge in [-0.2, -0.15) is 5.10 Å². The number of nitrogens with zero attached hydrogens (tertiary/aromatic N) is 3. The number of hydrogen-bond acceptors (Lipinski definition) is 5. The van der Waals surface area contributed by atoms with E-state index in [4.69, 9.17) is 4.42 Å². The lowest BCUT2D eigenvalue weighted by Crippen LogP contribution is -2.21.